The Morgan fingerprint density at radius 2 is 1.59 bits per heavy atom. The second kappa shape index (κ2) is 9.41. The van der Waals surface area contributed by atoms with E-state index in [2.05, 4.69) is 17.2 Å². The van der Waals surface area contributed by atoms with Crippen LogP contribution in [0.5, 0.6) is 0 Å². The van der Waals surface area contributed by atoms with E-state index in [1.165, 1.54) is 12.8 Å². The Morgan fingerprint density at radius 3 is 2.18 bits per heavy atom. The fourth-order valence-electron chi connectivity index (χ4n) is 1.35. The van der Waals surface area contributed by atoms with Gasteiger partial charge in [0.15, 0.2) is 0 Å². The molecule has 102 valence electrons. The molecule has 0 spiro atoms. The first-order valence-corrected chi connectivity index (χ1v) is 7.95. The number of hydrazine groups is 1. The minimum atomic E-state index is -3.36. The summed E-state index contributed by atoms with van der Waals surface area (Å²) in [6.07, 6.45) is 6.45. The topological polar surface area (TPSA) is 75.3 Å². The van der Waals surface area contributed by atoms with Crippen LogP contribution >= 0.6 is 0 Å². The molecule has 0 saturated heterocycles. The van der Waals surface area contributed by atoms with Gasteiger partial charge < -0.3 is 0 Å². The Balaban J connectivity index is 3.61. The molecule has 0 heterocycles. The highest BCUT2D eigenvalue weighted by atomic mass is 32.2. The van der Waals surface area contributed by atoms with Gasteiger partial charge in [-0.05, 0) is 6.42 Å². The van der Waals surface area contributed by atoms with E-state index < -0.39 is 10.0 Å². The van der Waals surface area contributed by atoms with E-state index in [1.807, 2.05) is 0 Å². The van der Waals surface area contributed by atoms with Crippen LogP contribution in [0.15, 0.2) is 0 Å². The lowest BCUT2D eigenvalue weighted by atomic mass is 10.1. The average Bonchev–Trinajstić information content (AvgIpc) is 2.30. The molecule has 0 bridgehead atoms. The number of unbranched alkanes of at least 4 members (excludes halogenated alkanes) is 5. The number of sulfonamides is 1. The quantitative estimate of drug-likeness (QED) is 0.466. The van der Waals surface area contributed by atoms with Gasteiger partial charge in [-0.1, -0.05) is 46.0 Å². The molecule has 0 fully saturated rings. The van der Waals surface area contributed by atoms with Gasteiger partial charge in [0.05, 0.1) is 5.75 Å². The fraction of sp³-hybridized carbons (Fsp3) is 0.909. The Labute approximate surface area is 104 Å². The maximum absolute atomic E-state index is 11.4. The van der Waals surface area contributed by atoms with Crippen molar-refractivity contribution in [1.29, 1.82) is 0 Å². The van der Waals surface area contributed by atoms with Crippen molar-refractivity contribution in [1.82, 2.24) is 10.3 Å². The van der Waals surface area contributed by atoms with Crippen LogP contribution in [-0.2, 0) is 14.8 Å². The molecule has 5 nitrogen and oxygen atoms in total. The van der Waals surface area contributed by atoms with Crippen LogP contribution in [0.25, 0.3) is 0 Å². The molecule has 0 unspecified atom stereocenters. The maximum Gasteiger partial charge on any atom is 0.234 e. The average molecular weight is 264 g/mol. The first kappa shape index (κ1) is 16.4. The molecule has 0 radical (unpaired) electrons. The van der Waals surface area contributed by atoms with E-state index in [-0.39, 0.29) is 18.1 Å². The highest BCUT2D eigenvalue weighted by Crippen LogP contribution is 2.05. The van der Waals surface area contributed by atoms with Crippen LogP contribution in [0.3, 0.4) is 0 Å². The summed E-state index contributed by atoms with van der Waals surface area (Å²) in [4.78, 5) is 13.0. The highest BCUT2D eigenvalue weighted by Gasteiger charge is 2.10. The van der Waals surface area contributed by atoms with Gasteiger partial charge in [-0.15, -0.1) is 4.83 Å². The van der Waals surface area contributed by atoms with Gasteiger partial charge in [-0.2, -0.15) is 0 Å². The zero-order valence-corrected chi connectivity index (χ0v) is 11.6. The molecule has 0 aliphatic carbocycles. The largest absolute Gasteiger partial charge is 0.278 e. The molecule has 0 aromatic carbocycles. The van der Waals surface area contributed by atoms with E-state index in [0.717, 1.165) is 19.3 Å². The first-order chi connectivity index (χ1) is 8.02. The van der Waals surface area contributed by atoms with Gasteiger partial charge in [0.25, 0.3) is 0 Å². The minimum absolute atomic E-state index is 0.0725. The van der Waals surface area contributed by atoms with E-state index in [0.29, 0.717) is 6.42 Å². The molecule has 1 amide bonds. The second-order valence-corrected chi connectivity index (χ2v) is 5.93. The lowest BCUT2D eigenvalue weighted by Gasteiger charge is -2.07. The third-order valence-electron chi connectivity index (χ3n) is 2.43. The van der Waals surface area contributed by atoms with Crippen molar-refractivity contribution in [3.05, 3.63) is 0 Å². The molecule has 0 aromatic heterocycles. The number of hydrogen-bond acceptors (Lipinski definition) is 3. The van der Waals surface area contributed by atoms with Crippen LogP contribution in [0.2, 0.25) is 0 Å². The summed E-state index contributed by atoms with van der Waals surface area (Å²) in [6.45, 7) is 3.81. The zero-order valence-electron chi connectivity index (χ0n) is 10.8. The summed E-state index contributed by atoms with van der Waals surface area (Å²) >= 11 is 0. The normalized spacial score (nSPS) is 11.4. The summed E-state index contributed by atoms with van der Waals surface area (Å²) in [5.74, 6) is -0.250. The summed E-state index contributed by atoms with van der Waals surface area (Å²) in [6, 6.07) is 0. The van der Waals surface area contributed by atoms with Crippen LogP contribution < -0.4 is 10.3 Å². The summed E-state index contributed by atoms with van der Waals surface area (Å²) < 4.78 is 22.8. The maximum atomic E-state index is 11.4. The van der Waals surface area contributed by atoms with E-state index in [4.69, 9.17) is 0 Å². The predicted molar refractivity (Wildman–Crippen MR) is 68.7 cm³/mol. The molecular weight excluding hydrogens is 240 g/mol. The molecule has 17 heavy (non-hydrogen) atoms. The lowest BCUT2D eigenvalue weighted by molar-refractivity contribution is -0.121. The summed E-state index contributed by atoms with van der Waals surface area (Å²) in [5, 5.41) is 0. The van der Waals surface area contributed by atoms with Gasteiger partial charge in [0.1, 0.15) is 0 Å². The zero-order chi connectivity index (χ0) is 13.1. The van der Waals surface area contributed by atoms with Crippen molar-refractivity contribution in [3.8, 4) is 0 Å². The van der Waals surface area contributed by atoms with Gasteiger partial charge in [0.2, 0.25) is 15.9 Å². The molecular formula is C11H24N2O3S. The second-order valence-electron chi connectivity index (χ2n) is 4.09. The van der Waals surface area contributed by atoms with Gasteiger partial charge >= 0.3 is 0 Å². The van der Waals surface area contributed by atoms with E-state index >= 15 is 0 Å². The molecule has 0 aliphatic heterocycles. The van der Waals surface area contributed by atoms with Gasteiger partial charge in [-0.3, -0.25) is 10.2 Å². The van der Waals surface area contributed by atoms with E-state index in [1.54, 1.807) is 6.92 Å². The predicted octanol–water partition coefficient (Wildman–Crippen LogP) is 1.71. The Kier molecular flexibility index (Phi) is 9.07. The van der Waals surface area contributed by atoms with Crippen LogP contribution in [-0.4, -0.2) is 20.1 Å². The van der Waals surface area contributed by atoms with Crippen molar-refractivity contribution in [2.24, 2.45) is 0 Å². The third kappa shape index (κ3) is 10.3. The van der Waals surface area contributed by atoms with Crippen molar-refractivity contribution in [3.63, 3.8) is 0 Å². The molecule has 0 rings (SSSR count). The number of amides is 1. The number of hydrogen-bond donors (Lipinski definition) is 2. The van der Waals surface area contributed by atoms with E-state index in [9.17, 15) is 13.2 Å². The molecule has 0 aromatic rings. The van der Waals surface area contributed by atoms with Crippen LogP contribution in [0.4, 0.5) is 0 Å². The minimum Gasteiger partial charge on any atom is -0.278 e. The number of carbonyl (C=O) groups is 1. The monoisotopic (exact) mass is 264 g/mol. The summed E-state index contributed by atoms with van der Waals surface area (Å²) in [5.41, 5.74) is 2.16. The van der Waals surface area contributed by atoms with Crippen molar-refractivity contribution < 1.29 is 13.2 Å². The van der Waals surface area contributed by atoms with Gasteiger partial charge in [-0.25, -0.2) is 8.42 Å². The fourth-order valence-corrected chi connectivity index (χ4v) is 2.30. The Morgan fingerprint density at radius 1 is 1.00 bits per heavy atom. The van der Waals surface area contributed by atoms with Crippen LogP contribution in [0.1, 0.15) is 58.8 Å². The number of nitrogens with one attached hydrogen (secondary N) is 2. The van der Waals surface area contributed by atoms with Crippen LogP contribution in [0, 0.1) is 0 Å². The molecule has 0 atom stereocenters. The number of rotatable bonds is 10. The SMILES string of the molecule is CCCCCCCCS(=O)(=O)NNC(=O)CC. The molecule has 6 heteroatoms. The van der Waals surface area contributed by atoms with Crippen molar-refractivity contribution in [2.45, 2.75) is 58.8 Å². The van der Waals surface area contributed by atoms with Crippen molar-refractivity contribution >= 4 is 15.9 Å². The third-order valence-corrected chi connectivity index (χ3v) is 3.67. The summed E-state index contributed by atoms with van der Waals surface area (Å²) in [7, 11) is -3.36. The lowest BCUT2D eigenvalue weighted by Crippen LogP contribution is -2.42. The Bertz CT molecular complexity index is 302. The molecule has 0 aliphatic rings. The smallest absolute Gasteiger partial charge is 0.234 e. The van der Waals surface area contributed by atoms with Gasteiger partial charge in [0, 0.05) is 6.42 Å². The van der Waals surface area contributed by atoms with Crippen molar-refractivity contribution in [2.75, 3.05) is 5.75 Å². The Hall–Kier alpha value is -0.620. The standard InChI is InChI=1S/C11H24N2O3S/c1-3-5-6-7-8-9-10-17(15,16)13-12-11(14)4-2/h13H,3-10H2,1-2H3,(H,12,14). The molecule has 2 N–H and O–H groups in total. The number of carbonyl (C=O) groups excluding carboxylic acids is 1. The first-order valence-electron chi connectivity index (χ1n) is 6.30. The molecule has 0 saturated carbocycles. The highest BCUT2D eigenvalue weighted by molar-refractivity contribution is 7.89.